The topological polar surface area (TPSA) is 50.5 Å². The second-order valence-corrected chi connectivity index (χ2v) is 5.68. The molecule has 1 amide bonds. The Morgan fingerprint density at radius 2 is 2.15 bits per heavy atom. The van der Waals surface area contributed by atoms with Gasteiger partial charge in [-0.2, -0.15) is 5.10 Å². The Hall–Kier alpha value is -1.91. The molecular formula is C15H20N4O. The van der Waals surface area contributed by atoms with Crippen LogP contribution in [-0.4, -0.2) is 38.0 Å². The molecule has 0 saturated carbocycles. The van der Waals surface area contributed by atoms with Crippen LogP contribution in [-0.2, 0) is 0 Å². The summed E-state index contributed by atoms with van der Waals surface area (Å²) < 4.78 is 1.74. The van der Waals surface area contributed by atoms with Crippen LogP contribution >= 0.6 is 0 Å². The van der Waals surface area contributed by atoms with Crippen LogP contribution in [0, 0.1) is 13.8 Å². The molecule has 0 aromatic carbocycles. The van der Waals surface area contributed by atoms with Gasteiger partial charge in [-0.3, -0.25) is 4.79 Å². The van der Waals surface area contributed by atoms with Gasteiger partial charge in [-0.05, 0) is 46.1 Å². The first-order chi connectivity index (χ1) is 9.58. The zero-order chi connectivity index (χ0) is 14.3. The molecule has 3 rings (SSSR count). The van der Waals surface area contributed by atoms with Crippen LogP contribution in [0.25, 0.3) is 5.65 Å². The maximum absolute atomic E-state index is 12.7. The molecule has 0 bridgehead atoms. The van der Waals surface area contributed by atoms with Gasteiger partial charge in [0.25, 0.3) is 5.91 Å². The Morgan fingerprint density at radius 3 is 2.90 bits per heavy atom. The van der Waals surface area contributed by atoms with Gasteiger partial charge in [0.2, 0.25) is 0 Å². The van der Waals surface area contributed by atoms with E-state index < -0.39 is 0 Å². The molecule has 1 atom stereocenters. The van der Waals surface area contributed by atoms with Crippen LogP contribution < -0.4 is 0 Å². The predicted octanol–water partition coefficient (Wildman–Crippen LogP) is 2.36. The fraction of sp³-hybridized carbons (Fsp3) is 0.533. The SMILES string of the molecule is Cc1cc(C)n2ncc(C(=O)N3CCCCC3C)c2n1. The van der Waals surface area contributed by atoms with E-state index in [1.54, 1.807) is 10.7 Å². The van der Waals surface area contributed by atoms with E-state index in [1.807, 2.05) is 24.8 Å². The average molecular weight is 272 g/mol. The van der Waals surface area contributed by atoms with Crippen molar-refractivity contribution in [1.29, 1.82) is 0 Å². The van der Waals surface area contributed by atoms with Crippen molar-refractivity contribution in [3.63, 3.8) is 0 Å². The fourth-order valence-electron chi connectivity index (χ4n) is 2.98. The third-order valence-corrected chi connectivity index (χ3v) is 4.07. The van der Waals surface area contributed by atoms with Gasteiger partial charge in [0.15, 0.2) is 5.65 Å². The number of amides is 1. The molecule has 1 aliphatic heterocycles. The van der Waals surface area contributed by atoms with Gasteiger partial charge in [0.1, 0.15) is 5.56 Å². The van der Waals surface area contributed by atoms with Gasteiger partial charge < -0.3 is 4.90 Å². The van der Waals surface area contributed by atoms with Crippen molar-refractivity contribution in [1.82, 2.24) is 19.5 Å². The summed E-state index contributed by atoms with van der Waals surface area (Å²) in [5.41, 5.74) is 3.20. The van der Waals surface area contributed by atoms with Gasteiger partial charge in [-0.15, -0.1) is 0 Å². The molecule has 3 heterocycles. The molecule has 2 aromatic rings. The van der Waals surface area contributed by atoms with E-state index in [0.717, 1.165) is 30.8 Å². The Labute approximate surface area is 118 Å². The first-order valence-electron chi connectivity index (χ1n) is 7.21. The summed E-state index contributed by atoms with van der Waals surface area (Å²) in [5.74, 6) is 0.0599. The highest BCUT2D eigenvalue weighted by Crippen LogP contribution is 2.21. The summed E-state index contributed by atoms with van der Waals surface area (Å²) in [6.07, 6.45) is 5.02. The number of likely N-dealkylation sites (tertiary alicyclic amines) is 1. The molecule has 0 radical (unpaired) electrons. The quantitative estimate of drug-likeness (QED) is 0.800. The number of hydrogen-bond acceptors (Lipinski definition) is 3. The van der Waals surface area contributed by atoms with E-state index in [9.17, 15) is 4.79 Å². The van der Waals surface area contributed by atoms with E-state index in [2.05, 4.69) is 17.0 Å². The highest BCUT2D eigenvalue weighted by molar-refractivity contribution is 5.99. The van der Waals surface area contributed by atoms with Crippen molar-refractivity contribution in [3.05, 3.63) is 29.2 Å². The van der Waals surface area contributed by atoms with Crippen LogP contribution in [0.15, 0.2) is 12.3 Å². The molecule has 5 nitrogen and oxygen atoms in total. The summed E-state index contributed by atoms with van der Waals surface area (Å²) in [6, 6.07) is 2.27. The molecule has 106 valence electrons. The Balaban J connectivity index is 2.03. The Kier molecular flexibility index (Phi) is 3.20. The van der Waals surface area contributed by atoms with E-state index in [0.29, 0.717) is 17.3 Å². The number of fused-ring (bicyclic) bond motifs is 1. The second kappa shape index (κ2) is 4.89. The number of nitrogens with zero attached hydrogens (tertiary/aromatic N) is 4. The lowest BCUT2D eigenvalue weighted by Gasteiger charge is -2.33. The van der Waals surface area contributed by atoms with E-state index >= 15 is 0 Å². The minimum absolute atomic E-state index is 0.0599. The molecule has 0 spiro atoms. The zero-order valence-electron chi connectivity index (χ0n) is 12.3. The number of carbonyl (C=O) groups excluding carboxylic acids is 1. The van der Waals surface area contributed by atoms with Crippen molar-refractivity contribution >= 4 is 11.6 Å². The van der Waals surface area contributed by atoms with Gasteiger partial charge in [-0.25, -0.2) is 9.50 Å². The van der Waals surface area contributed by atoms with E-state index in [-0.39, 0.29) is 5.91 Å². The van der Waals surface area contributed by atoms with Crippen LogP contribution in [0.3, 0.4) is 0 Å². The normalized spacial score (nSPS) is 19.6. The third-order valence-electron chi connectivity index (χ3n) is 4.07. The first-order valence-corrected chi connectivity index (χ1v) is 7.21. The smallest absolute Gasteiger partial charge is 0.259 e. The lowest BCUT2D eigenvalue weighted by molar-refractivity contribution is 0.0637. The molecule has 0 aliphatic carbocycles. The summed E-state index contributed by atoms with van der Waals surface area (Å²) in [6.45, 7) is 6.87. The number of piperidine rings is 1. The maximum Gasteiger partial charge on any atom is 0.259 e. The molecule has 1 fully saturated rings. The second-order valence-electron chi connectivity index (χ2n) is 5.68. The minimum atomic E-state index is 0.0599. The van der Waals surface area contributed by atoms with Gasteiger partial charge >= 0.3 is 0 Å². The lowest BCUT2D eigenvalue weighted by Crippen LogP contribution is -2.42. The molecule has 5 heteroatoms. The molecular weight excluding hydrogens is 252 g/mol. The fourth-order valence-corrected chi connectivity index (χ4v) is 2.98. The van der Waals surface area contributed by atoms with Crippen molar-refractivity contribution in [2.45, 2.75) is 46.1 Å². The zero-order valence-corrected chi connectivity index (χ0v) is 12.3. The highest BCUT2D eigenvalue weighted by atomic mass is 16.2. The van der Waals surface area contributed by atoms with E-state index in [1.165, 1.54) is 6.42 Å². The van der Waals surface area contributed by atoms with Crippen LogP contribution in [0.2, 0.25) is 0 Å². The summed E-state index contributed by atoms with van der Waals surface area (Å²) in [7, 11) is 0. The number of aromatic nitrogens is 3. The summed E-state index contributed by atoms with van der Waals surface area (Å²) in [5, 5.41) is 4.31. The van der Waals surface area contributed by atoms with Crippen LogP contribution in [0.4, 0.5) is 0 Å². The van der Waals surface area contributed by atoms with Crippen molar-refractivity contribution in [2.24, 2.45) is 0 Å². The largest absolute Gasteiger partial charge is 0.336 e. The number of aryl methyl sites for hydroxylation is 2. The number of rotatable bonds is 1. The predicted molar refractivity (Wildman–Crippen MR) is 76.8 cm³/mol. The highest BCUT2D eigenvalue weighted by Gasteiger charge is 2.27. The van der Waals surface area contributed by atoms with Gasteiger partial charge in [0, 0.05) is 24.0 Å². The van der Waals surface area contributed by atoms with E-state index in [4.69, 9.17) is 0 Å². The van der Waals surface area contributed by atoms with Crippen LogP contribution in [0.5, 0.6) is 0 Å². The minimum Gasteiger partial charge on any atom is -0.336 e. The van der Waals surface area contributed by atoms with Crippen molar-refractivity contribution in [2.75, 3.05) is 6.54 Å². The summed E-state index contributed by atoms with van der Waals surface area (Å²) >= 11 is 0. The molecule has 1 aliphatic rings. The average Bonchev–Trinajstić information content (AvgIpc) is 2.82. The van der Waals surface area contributed by atoms with Gasteiger partial charge in [-0.1, -0.05) is 0 Å². The third kappa shape index (κ3) is 2.07. The van der Waals surface area contributed by atoms with Crippen LogP contribution in [0.1, 0.15) is 47.9 Å². The number of hydrogen-bond donors (Lipinski definition) is 0. The van der Waals surface area contributed by atoms with Gasteiger partial charge in [0.05, 0.1) is 6.20 Å². The molecule has 1 saturated heterocycles. The van der Waals surface area contributed by atoms with Crippen molar-refractivity contribution in [3.8, 4) is 0 Å². The standard InChI is InChI=1S/C15H20N4O/c1-10-8-12(3)19-14(17-10)13(9-16-19)15(20)18-7-5-4-6-11(18)2/h8-9,11H,4-7H2,1-3H3. The first kappa shape index (κ1) is 13.1. The number of carbonyl (C=O) groups is 1. The maximum atomic E-state index is 12.7. The Morgan fingerprint density at radius 1 is 1.35 bits per heavy atom. The monoisotopic (exact) mass is 272 g/mol. The van der Waals surface area contributed by atoms with Crippen molar-refractivity contribution < 1.29 is 4.79 Å². The Bertz CT molecular complexity index is 661. The lowest BCUT2D eigenvalue weighted by atomic mass is 10.0. The molecule has 1 unspecified atom stereocenters. The molecule has 20 heavy (non-hydrogen) atoms. The summed E-state index contributed by atoms with van der Waals surface area (Å²) in [4.78, 5) is 19.2. The molecule has 2 aromatic heterocycles. The molecule has 0 N–H and O–H groups in total.